The Hall–Kier alpha value is -2.28. The number of likely N-dealkylation sites (N-methyl/N-ethyl adjacent to an activating group) is 1. The van der Waals surface area contributed by atoms with E-state index in [9.17, 15) is 9.18 Å². The van der Waals surface area contributed by atoms with Crippen LogP contribution in [0.15, 0.2) is 28.8 Å². The second-order valence-corrected chi connectivity index (χ2v) is 4.08. The predicted molar refractivity (Wildman–Crippen MR) is 63.7 cm³/mol. The summed E-state index contributed by atoms with van der Waals surface area (Å²) in [6.07, 6.45) is 0. The van der Waals surface area contributed by atoms with Gasteiger partial charge in [-0.15, -0.1) is 0 Å². The fourth-order valence-electron chi connectivity index (χ4n) is 1.55. The van der Waals surface area contributed by atoms with Crippen LogP contribution in [0.1, 0.15) is 5.89 Å². The van der Waals surface area contributed by atoms with E-state index in [1.165, 1.54) is 17.0 Å². The van der Waals surface area contributed by atoms with Crippen molar-refractivity contribution in [1.82, 2.24) is 15.0 Å². The van der Waals surface area contributed by atoms with E-state index < -0.39 is 5.97 Å². The van der Waals surface area contributed by atoms with Crippen LogP contribution in [0.2, 0.25) is 0 Å². The minimum absolute atomic E-state index is 0.117. The predicted octanol–water partition coefficient (Wildman–Crippen LogP) is 1.39. The fourth-order valence-corrected chi connectivity index (χ4v) is 1.55. The highest BCUT2D eigenvalue weighted by molar-refractivity contribution is 5.69. The number of halogens is 1. The number of hydrogen-bond donors (Lipinski definition) is 1. The molecule has 1 aromatic heterocycles. The molecule has 2 rings (SSSR count). The Balaban J connectivity index is 2.06. The molecule has 0 amide bonds. The molecule has 0 bridgehead atoms. The Morgan fingerprint density at radius 1 is 1.42 bits per heavy atom. The van der Waals surface area contributed by atoms with E-state index in [4.69, 9.17) is 9.63 Å². The van der Waals surface area contributed by atoms with Crippen LogP contribution in [0.4, 0.5) is 4.39 Å². The standard InChI is InChI=1S/C12H12FN3O3/c1-16(7-11(17)18)6-10-14-12(15-19-10)8-2-4-9(13)5-3-8/h2-5H,6-7H2,1H3,(H,17,18). The van der Waals surface area contributed by atoms with Crippen LogP contribution in [-0.4, -0.2) is 39.7 Å². The third kappa shape index (κ3) is 3.59. The van der Waals surface area contributed by atoms with Crippen LogP contribution in [0.25, 0.3) is 11.4 Å². The molecule has 7 heteroatoms. The average molecular weight is 265 g/mol. The topological polar surface area (TPSA) is 79.5 Å². The van der Waals surface area contributed by atoms with Gasteiger partial charge in [-0.05, 0) is 31.3 Å². The summed E-state index contributed by atoms with van der Waals surface area (Å²) in [5, 5.41) is 12.4. The van der Waals surface area contributed by atoms with E-state index in [-0.39, 0.29) is 18.9 Å². The van der Waals surface area contributed by atoms with E-state index in [2.05, 4.69) is 10.1 Å². The van der Waals surface area contributed by atoms with Gasteiger partial charge in [0.05, 0.1) is 13.1 Å². The first-order valence-corrected chi connectivity index (χ1v) is 5.53. The summed E-state index contributed by atoms with van der Waals surface area (Å²) in [4.78, 5) is 16.2. The van der Waals surface area contributed by atoms with Gasteiger partial charge >= 0.3 is 5.97 Å². The van der Waals surface area contributed by atoms with Gasteiger partial charge in [-0.25, -0.2) is 4.39 Å². The summed E-state index contributed by atoms with van der Waals surface area (Å²) >= 11 is 0. The molecule has 0 fully saturated rings. The summed E-state index contributed by atoms with van der Waals surface area (Å²) in [7, 11) is 1.63. The molecule has 1 aromatic carbocycles. The minimum Gasteiger partial charge on any atom is -0.480 e. The monoisotopic (exact) mass is 265 g/mol. The van der Waals surface area contributed by atoms with Gasteiger partial charge in [0.2, 0.25) is 11.7 Å². The largest absolute Gasteiger partial charge is 0.480 e. The Kier molecular flexibility index (Phi) is 3.86. The molecule has 0 atom stereocenters. The van der Waals surface area contributed by atoms with Gasteiger partial charge in [0.1, 0.15) is 5.82 Å². The first-order valence-electron chi connectivity index (χ1n) is 5.53. The molecule has 0 aliphatic carbocycles. The highest BCUT2D eigenvalue weighted by atomic mass is 19.1. The van der Waals surface area contributed by atoms with Gasteiger partial charge in [-0.2, -0.15) is 4.98 Å². The minimum atomic E-state index is -0.930. The molecule has 100 valence electrons. The van der Waals surface area contributed by atoms with Crippen LogP contribution >= 0.6 is 0 Å². The number of carboxylic acid groups (broad SMARTS) is 1. The van der Waals surface area contributed by atoms with Crippen LogP contribution in [0.3, 0.4) is 0 Å². The van der Waals surface area contributed by atoms with Crippen molar-refractivity contribution in [3.05, 3.63) is 36.0 Å². The van der Waals surface area contributed by atoms with Crippen molar-refractivity contribution in [2.75, 3.05) is 13.6 Å². The van der Waals surface area contributed by atoms with Crippen LogP contribution in [-0.2, 0) is 11.3 Å². The number of carbonyl (C=O) groups is 1. The first kappa shape index (κ1) is 13.2. The average Bonchev–Trinajstić information content (AvgIpc) is 2.77. The summed E-state index contributed by atoms with van der Waals surface area (Å²) in [6, 6.07) is 5.71. The van der Waals surface area contributed by atoms with Gasteiger partial charge in [-0.3, -0.25) is 9.69 Å². The lowest BCUT2D eigenvalue weighted by atomic mass is 10.2. The molecule has 0 unspecified atom stereocenters. The number of nitrogens with zero attached hydrogens (tertiary/aromatic N) is 3. The normalized spacial score (nSPS) is 10.9. The van der Waals surface area contributed by atoms with Crippen molar-refractivity contribution in [2.45, 2.75) is 6.54 Å². The number of aliphatic carboxylic acids is 1. The molecule has 0 aliphatic rings. The lowest BCUT2D eigenvalue weighted by molar-refractivity contribution is -0.138. The number of carboxylic acids is 1. The van der Waals surface area contributed by atoms with Gasteiger partial charge in [0.15, 0.2) is 0 Å². The highest BCUT2D eigenvalue weighted by Crippen LogP contribution is 2.16. The van der Waals surface area contributed by atoms with Crippen molar-refractivity contribution in [3.8, 4) is 11.4 Å². The van der Waals surface area contributed by atoms with E-state index >= 15 is 0 Å². The Morgan fingerprint density at radius 3 is 2.74 bits per heavy atom. The lowest BCUT2D eigenvalue weighted by Gasteiger charge is -2.09. The molecule has 0 saturated carbocycles. The molecule has 0 spiro atoms. The van der Waals surface area contributed by atoms with Crippen LogP contribution in [0, 0.1) is 5.82 Å². The Bertz CT molecular complexity index is 568. The van der Waals surface area contributed by atoms with E-state index in [1.807, 2.05) is 0 Å². The molecule has 19 heavy (non-hydrogen) atoms. The van der Waals surface area contributed by atoms with Crippen molar-refractivity contribution < 1.29 is 18.8 Å². The van der Waals surface area contributed by atoms with Gasteiger partial charge < -0.3 is 9.63 Å². The summed E-state index contributed by atoms with van der Waals surface area (Å²) in [6.45, 7) is 0.120. The molecule has 0 radical (unpaired) electrons. The lowest BCUT2D eigenvalue weighted by Crippen LogP contribution is -2.25. The number of rotatable bonds is 5. The van der Waals surface area contributed by atoms with Crippen LogP contribution in [0.5, 0.6) is 0 Å². The zero-order valence-corrected chi connectivity index (χ0v) is 10.2. The van der Waals surface area contributed by atoms with E-state index in [0.29, 0.717) is 17.3 Å². The molecule has 0 aliphatic heterocycles. The summed E-state index contributed by atoms with van der Waals surface area (Å²) in [5.41, 5.74) is 0.636. The molecular weight excluding hydrogens is 253 g/mol. The van der Waals surface area contributed by atoms with Crippen molar-refractivity contribution in [3.63, 3.8) is 0 Å². The Morgan fingerprint density at radius 2 is 2.11 bits per heavy atom. The van der Waals surface area contributed by atoms with E-state index in [0.717, 1.165) is 0 Å². The molecule has 1 heterocycles. The number of benzene rings is 1. The summed E-state index contributed by atoms with van der Waals surface area (Å²) < 4.78 is 17.8. The van der Waals surface area contributed by atoms with Gasteiger partial charge in [0, 0.05) is 5.56 Å². The maximum atomic E-state index is 12.8. The maximum absolute atomic E-state index is 12.8. The highest BCUT2D eigenvalue weighted by Gasteiger charge is 2.12. The van der Waals surface area contributed by atoms with E-state index in [1.54, 1.807) is 19.2 Å². The number of hydrogen-bond acceptors (Lipinski definition) is 5. The summed E-state index contributed by atoms with van der Waals surface area (Å²) in [5.74, 6) is -0.615. The molecule has 6 nitrogen and oxygen atoms in total. The van der Waals surface area contributed by atoms with Crippen molar-refractivity contribution in [2.24, 2.45) is 0 Å². The Labute approximate surface area is 108 Å². The van der Waals surface area contributed by atoms with Gasteiger partial charge in [0.25, 0.3) is 0 Å². The van der Waals surface area contributed by atoms with Crippen molar-refractivity contribution >= 4 is 5.97 Å². The smallest absolute Gasteiger partial charge is 0.317 e. The molecular formula is C12H12FN3O3. The SMILES string of the molecule is CN(CC(=O)O)Cc1nc(-c2ccc(F)cc2)no1. The second-order valence-electron chi connectivity index (χ2n) is 4.08. The second kappa shape index (κ2) is 5.57. The zero-order chi connectivity index (χ0) is 13.8. The molecule has 1 N–H and O–H groups in total. The zero-order valence-electron chi connectivity index (χ0n) is 10.2. The number of aromatic nitrogens is 2. The maximum Gasteiger partial charge on any atom is 0.317 e. The first-order chi connectivity index (χ1) is 9.04. The molecule has 2 aromatic rings. The third-order valence-electron chi connectivity index (χ3n) is 2.38. The third-order valence-corrected chi connectivity index (χ3v) is 2.38. The quantitative estimate of drug-likeness (QED) is 0.880. The van der Waals surface area contributed by atoms with Crippen molar-refractivity contribution in [1.29, 1.82) is 0 Å². The van der Waals surface area contributed by atoms with Crippen LogP contribution < -0.4 is 0 Å². The fraction of sp³-hybridized carbons (Fsp3) is 0.250. The molecule has 0 saturated heterocycles. The van der Waals surface area contributed by atoms with Gasteiger partial charge in [-0.1, -0.05) is 5.16 Å².